The van der Waals surface area contributed by atoms with E-state index in [4.69, 9.17) is 11.6 Å². The maximum absolute atomic E-state index is 14.2. The molecule has 5 heterocycles. The number of carbonyl (C=O) groups excluding carboxylic acids is 2. The molecule has 2 saturated heterocycles. The van der Waals surface area contributed by atoms with E-state index in [1.54, 1.807) is 11.8 Å². The number of nitrogens with one attached hydrogen (secondary N) is 1. The third kappa shape index (κ3) is 6.58. The van der Waals surface area contributed by atoms with Gasteiger partial charge in [0.2, 0.25) is 11.3 Å². The van der Waals surface area contributed by atoms with Crippen molar-refractivity contribution in [1.29, 1.82) is 0 Å². The summed E-state index contributed by atoms with van der Waals surface area (Å²) >= 11 is 6.06. The van der Waals surface area contributed by atoms with Crippen LogP contribution < -0.4 is 20.5 Å². The maximum atomic E-state index is 14.2. The lowest BCUT2D eigenvalue weighted by molar-refractivity contribution is -0.137. The fraction of sp³-hybridized carbons (Fsp3) is 0.387. The minimum Gasteiger partial charge on any atom is -0.504 e. The Hall–Kier alpha value is -5.13. The number of piperazine rings is 1. The van der Waals surface area contributed by atoms with Gasteiger partial charge < -0.3 is 29.7 Å². The first-order valence-electron chi connectivity index (χ1n) is 15.3. The summed E-state index contributed by atoms with van der Waals surface area (Å²) < 4.78 is 68.3. The molecule has 264 valence electrons. The lowest BCUT2D eigenvalue weighted by Crippen LogP contribution is -2.56. The third-order valence-electron chi connectivity index (χ3n) is 8.49. The smallest absolute Gasteiger partial charge is 0.416 e. The number of aromatic nitrogens is 5. The standard InChI is InChI=1S/C31H29ClF5N9O4/c1-3-20-25(43-6-8-44(9-7-43)29(50)24-26(48)16(2)39-15-40-24)27(49)23-28(38-11-21(42-23)45-13-30(33,34)14-45)46(20)12-22(47)41-19-5-4-17(10-18(19)32)31(35,36)37/h4-5,10-11,15,48H,3,6-9,12-14H2,1-2H3,(H,41,47). The molecule has 0 bridgehead atoms. The summed E-state index contributed by atoms with van der Waals surface area (Å²) in [6.07, 6.45) is -2.04. The molecule has 6 rings (SSSR count). The van der Waals surface area contributed by atoms with Crippen LogP contribution in [0.2, 0.25) is 5.02 Å². The number of halogens is 6. The summed E-state index contributed by atoms with van der Waals surface area (Å²) in [4.78, 5) is 61.7. The van der Waals surface area contributed by atoms with E-state index in [2.05, 4.69) is 25.3 Å². The highest BCUT2D eigenvalue weighted by Gasteiger charge is 2.45. The molecule has 13 nitrogen and oxygen atoms in total. The number of carbonyl (C=O) groups is 2. The predicted octanol–water partition coefficient (Wildman–Crippen LogP) is 3.89. The Bertz CT molecular complexity index is 2060. The van der Waals surface area contributed by atoms with E-state index < -0.39 is 54.5 Å². The number of hydrogen-bond acceptors (Lipinski definition) is 10. The average molecular weight is 722 g/mol. The van der Waals surface area contributed by atoms with Crippen molar-refractivity contribution in [2.45, 2.75) is 38.9 Å². The fourth-order valence-electron chi connectivity index (χ4n) is 5.94. The Morgan fingerprint density at radius 3 is 2.38 bits per heavy atom. The van der Waals surface area contributed by atoms with E-state index in [1.165, 1.54) is 33.8 Å². The largest absolute Gasteiger partial charge is 0.504 e. The zero-order chi connectivity index (χ0) is 36.1. The highest BCUT2D eigenvalue weighted by Crippen LogP contribution is 2.35. The van der Waals surface area contributed by atoms with Crippen molar-refractivity contribution >= 4 is 51.8 Å². The molecule has 1 aromatic carbocycles. The SMILES string of the molecule is CCc1c(N2CCN(C(=O)c3ncnc(C)c3O)CC2)c(=O)c2nc(N3CC(F)(F)C3)cnc2n1CC(=O)Nc1ccc(C(F)(F)F)cc1Cl. The van der Waals surface area contributed by atoms with Crippen LogP contribution in [0.3, 0.4) is 0 Å². The fourth-order valence-corrected chi connectivity index (χ4v) is 6.16. The molecular formula is C31H29ClF5N9O4. The second-order valence-electron chi connectivity index (χ2n) is 11.9. The van der Waals surface area contributed by atoms with Gasteiger partial charge in [0.25, 0.3) is 11.8 Å². The molecular weight excluding hydrogens is 693 g/mol. The summed E-state index contributed by atoms with van der Waals surface area (Å²) in [7, 11) is 0. The number of benzene rings is 1. The molecule has 19 heteroatoms. The van der Waals surface area contributed by atoms with Crippen LogP contribution in [0, 0.1) is 6.92 Å². The second-order valence-corrected chi connectivity index (χ2v) is 12.3. The third-order valence-corrected chi connectivity index (χ3v) is 8.80. The molecule has 2 N–H and O–H groups in total. The number of nitrogens with zero attached hydrogens (tertiary/aromatic N) is 8. The first kappa shape index (κ1) is 34.7. The lowest BCUT2D eigenvalue weighted by atomic mass is 10.1. The first-order valence-corrected chi connectivity index (χ1v) is 15.7. The Morgan fingerprint density at radius 2 is 1.76 bits per heavy atom. The van der Waals surface area contributed by atoms with Crippen molar-refractivity contribution in [2.75, 3.05) is 54.4 Å². The van der Waals surface area contributed by atoms with Crippen LogP contribution >= 0.6 is 11.6 Å². The molecule has 4 aromatic rings. The van der Waals surface area contributed by atoms with Gasteiger partial charge in [-0.1, -0.05) is 18.5 Å². The van der Waals surface area contributed by atoms with Crippen molar-refractivity contribution in [3.63, 3.8) is 0 Å². The summed E-state index contributed by atoms with van der Waals surface area (Å²) in [5.41, 5.74) is -1.23. The van der Waals surface area contributed by atoms with Gasteiger partial charge in [0.15, 0.2) is 22.6 Å². The zero-order valence-electron chi connectivity index (χ0n) is 26.6. The van der Waals surface area contributed by atoms with Gasteiger partial charge >= 0.3 is 6.18 Å². The molecule has 0 saturated carbocycles. The minimum absolute atomic E-state index is 0.0104. The molecule has 3 aromatic heterocycles. The number of hydrogen-bond donors (Lipinski definition) is 2. The number of pyridine rings is 1. The van der Waals surface area contributed by atoms with Crippen LogP contribution in [0.4, 0.5) is 39.1 Å². The van der Waals surface area contributed by atoms with Gasteiger partial charge in [0.1, 0.15) is 24.4 Å². The topological polar surface area (TPSA) is 150 Å². The van der Waals surface area contributed by atoms with Gasteiger partial charge in [0.05, 0.1) is 41.3 Å². The van der Waals surface area contributed by atoms with Crippen molar-refractivity contribution in [1.82, 2.24) is 29.4 Å². The van der Waals surface area contributed by atoms with E-state index in [-0.39, 0.29) is 83.1 Å². The van der Waals surface area contributed by atoms with Crippen molar-refractivity contribution in [3.05, 3.63) is 68.6 Å². The molecule has 0 radical (unpaired) electrons. The van der Waals surface area contributed by atoms with Gasteiger partial charge in [-0.05, 0) is 31.5 Å². The van der Waals surface area contributed by atoms with Gasteiger partial charge in [-0.2, -0.15) is 13.2 Å². The highest BCUT2D eigenvalue weighted by molar-refractivity contribution is 6.33. The van der Waals surface area contributed by atoms with Gasteiger partial charge in [-0.3, -0.25) is 14.4 Å². The number of rotatable bonds is 7. The summed E-state index contributed by atoms with van der Waals surface area (Å²) in [5, 5.41) is 12.5. The Morgan fingerprint density at radius 1 is 1.06 bits per heavy atom. The van der Waals surface area contributed by atoms with Crippen molar-refractivity contribution in [3.8, 4) is 5.75 Å². The molecule has 2 fully saturated rings. The predicted molar refractivity (Wildman–Crippen MR) is 172 cm³/mol. The molecule has 0 spiro atoms. The van der Waals surface area contributed by atoms with Crippen LogP contribution in [-0.4, -0.2) is 91.5 Å². The lowest BCUT2D eigenvalue weighted by Gasteiger charge is -2.39. The second kappa shape index (κ2) is 13.0. The van der Waals surface area contributed by atoms with Crippen molar-refractivity contribution in [2.24, 2.45) is 0 Å². The quantitative estimate of drug-likeness (QED) is 0.269. The van der Waals surface area contributed by atoms with Crippen LogP contribution in [-0.2, 0) is 23.9 Å². The molecule has 50 heavy (non-hydrogen) atoms. The first-order chi connectivity index (χ1) is 23.6. The van der Waals surface area contributed by atoms with E-state index in [0.717, 1.165) is 12.1 Å². The van der Waals surface area contributed by atoms with Crippen LogP contribution in [0.5, 0.6) is 5.75 Å². The summed E-state index contributed by atoms with van der Waals surface area (Å²) in [5.74, 6) is -4.46. The van der Waals surface area contributed by atoms with Gasteiger partial charge in [-0.25, -0.2) is 28.7 Å². The number of fused-ring (bicyclic) bond motifs is 1. The molecule has 2 aliphatic rings. The number of aromatic hydroxyl groups is 1. The van der Waals surface area contributed by atoms with E-state index in [9.17, 15) is 41.4 Å². The van der Waals surface area contributed by atoms with E-state index >= 15 is 0 Å². The number of amides is 2. The van der Waals surface area contributed by atoms with Crippen LogP contribution in [0.1, 0.15) is 34.4 Å². The Labute approximate surface area is 285 Å². The molecule has 0 atom stereocenters. The van der Waals surface area contributed by atoms with E-state index in [1.807, 2.05) is 0 Å². The molecule has 2 aliphatic heterocycles. The van der Waals surface area contributed by atoms with Crippen LogP contribution in [0.25, 0.3) is 11.2 Å². The van der Waals surface area contributed by atoms with E-state index in [0.29, 0.717) is 11.8 Å². The molecule has 0 unspecified atom stereocenters. The normalized spacial score (nSPS) is 16.0. The molecule has 2 amide bonds. The number of aryl methyl sites for hydroxylation is 1. The molecule has 0 aliphatic carbocycles. The number of alkyl halides is 5. The monoisotopic (exact) mass is 721 g/mol. The van der Waals surface area contributed by atoms with Gasteiger partial charge in [-0.15, -0.1) is 0 Å². The van der Waals surface area contributed by atoms with Crippen molar-refractivity contribution < 1.29 is 36.6 Å². The Kier molecular flexibility index (Phi) is 9.00. The average Bonchev–Trinajstić information content (AvgIpc) is 3.06. The maximum Gasteiger partial charge on any atom is 0.416 e. The summed E-state index contributed by atoms with van der Waals surface area (Å²) in [6.45, 7) is 2.15. The number of anilines is 3. The Balaban J connectivity index is 1.35. The highest BCUT2D eigenvalue weighted by atomic mass is 35.5. The van der Waals surface area contributed by atoms with Gasteiger partial charge in [0, 0.05) is 31.9 Å². The zero-order valence-corrected chi connectivity index (χ0v) is 27.3. The van der Waals surface area contributed by atoms with Crippen LogP contribution in [0.15, 0.2) is 35.5 Å². The minimum atomic E-state index is -4.65. The summed E-state index contributed by atoms with van der Waals surface area (Å²) in [6, 6.07) is 2.48.